The molecule has 1 aromatic heterocycles. The Kier molecular flexibility index (Phi) is 6.49. The van der Waals surface area contributed by atoms with Gasteiger partial charge in [0.25, 0.3) is 11.8 Å². The average molecular weight is 492 g/mol. The van der Waals surface area contributed by atoms with E-state index in [1.165, 1.54) is 12.1 Å². The molecule has 5 rings (SSSR count). The molecule has 0 spiro atoms. The van der Waals surface area contributed by atoms with Gasteiger partial charge in [-0.15, -0.1) is 0 Å². The number of benzene rings is 2. The highest BCUT2D eigenvalue weighted by Gasteiger charge is 2.40. The third-order valence-electron chi connectivity index (χ3n) is 6.79. The van der Waals surface area contributed by atoms with Crippen LogP contribution in [0.4, 0.5) is 10.1 Å². The summed E-state index contributed by atoms with van der Waals surface area (Å²) in [6.07, 6.45) is 2.14. The first-order valence-corrected chi connectivity index (χ1v) is 12.0. The molecule has 186 valence electrons. The maximum atomic E-state index is 13.3. The van der Waals surface area contributed by atoms with Gasteiger partial charge in [0.15, 0.2) is 0 Å². The standard InChI is InChI=1S/C26H26FN5O4/c1-16-21(30-36-29-16)15-32-25(34)20-5-2-6-22(23(20)26(32)35)31-13-3-4-18(14-31)24(33)28-12-11-17-7-9-19(27)10-8-17/h2,5-10,18H,3-4,11-15H2,1H3,(H,28,33)/t18-/m1/s1. The molecule has 2 aliphatic rings. The Hall–Kier alpha value is -4.08. The number of piperidine rings is 1. The maximum absolute atomic E-state index is 13.3. The lowest BCUT2D eigenvalue weighted by molar-refractivity contribution is -0.125. The summed E-state index contributed by atoms with van der Waals surface area (Å²) < 4.78 is 17.8. The minimum atomic E-state index is -0.390. The molecular weight excluding hydrogens is 465 g/mol. The Morgan fingerprint density at radius 1 is 1.14 bits per heavy atom. The highest BCUT2D eigenvalue weighted by Crippen LogP contribution is 2.34. The predicted molar refractivity (Wildman–Crippen MR) is 128 cm³/mol. The van der Waals surface area contributed by atoms with Crippen molar-refractivity contribution in [3.63, 3.8) is 0 Å². The second-order valence-corrected chi connectivity index (χ2v) is 9.15. The zero-order valence-corrected chi connectivity index (χ0v) is 19.9. The van der Waals surface area contributed by atoms with Crippen LogP contribution in [0.25, 0.3) is 0 Å². The summed E-state index contributed by atoms with van der Waals surface area (Å²) in [7, 11) is 0. The molecule has 10 heteroatoms. The number of hydrogen-bond donors (Lipinski definition) is 1. The number of imide groups is 1. The van der Waals surface area contributed by atoms with Crippen molar-refractivity contribution in [2.24, 2.45) is 5.92 Å². The fraction of sp³-hybridized carbons (Fsp3) is 0.346. The van der Waals surface area contributed by atoms with Gasteiger partial charge in [0.1, 0.15) is 17.2 Å². The van der Waals surface area contributed by atoms with Crippen LogP contribution in [0.5, 0.6) is 0 Å². The number of halogens is 1. The molecule has 0 bridgehead atoms. The topological polar surface area (TPSA) is 109 Å². The van der Waals surface area contributed by atoms with Crippen molar-refractivity contribution in [2.75, 3.05) is 24.5 Å². The Bertz CT molecular complexity index is 1310. The molecule has 1 fully saturated rings. The molecule has 3 heterocycles. The Balaban J connectivity index is 1.26. The number of rotatable bonds is 7. The molecule has 0 radical (unpaired) electrons. The van der Waals surface area contributed by atoms with Crippen LogP contribution >= 0.6 is 0 Å². The second-order valence-electron chi connectivity index (χ2n) is 9.15. The third kappa shape index (κ3) is 4.58. The van der Waals surface area contributed by atoms with Gasteiger partial charge in [-0.05, 0) is 56.0 Å². The van der Waals surface area contributed by atoms with E-state index in [0.717, 1.165) is 23.3 Å². The smallest absolute Gasteiger partial charge is 0.264 e. The van der Waals surface area contributed by atoms with Crippen molar-refractivity contribution in [2.45, 2.75) is 32.7 Å². The fourth-order valence-corrected chi connectivity index (χ4v) is 4.80. The van der Waals surface area contributed by atoms with E-state index >= 15 is 0 Å². The first-order chi connectivity index (χ1) is 17.4. The van der Waals surface area contributed by atoms with E-state index in [1.54, 1.807) is 31.2 Å². The van der Waals surface area contributed by atoms with Gasteiger partial charge >= 0.3 is 0 Å². The summed E-state index contributed by atoms with van der Waals surface area (Å²) in [5, 5.41) is 10.5. The average Bonchev–Trinajstić information content (AvgIpc) is 3.41. The van der Waals surface area contributed by atoms with Crippen molar-refractivity contribution >= 4 is 23.4 Å². The number of aryl methyl sites for hydroxylation is 1. The number of aromatic nitrogens is 2. The minimum Gasteiger partial charge on any atom is -0.370 e. The summed E-state index contributed by atoms with van der Waals surface area (Å²) in [6.45, 7) is 3.28. The van der Waals surface area contributed by atoms with Crippen LogP contribution in [0.15, 0.2) is 47.1 Å². The number of carbonyl (C=O) groups is 3. The van der Waals surface area contributed by atoms with Crippen LogP contribution in [0.2, 0.25) is 0 Å². The third-order valence-corrected chi connectivity index (χ3v) is 6.79. The van der Waals surface area contributed by atoms with E-state index in [0.29, 0.717) is 54.3 Å². The largest absolute Gasteiger partial charge is 0.370 e. The SMILES string of the molecule is Cc1nonc1CN1C(=O)c2cccc(N3CCC[C@@H](C(=O)NCCc4ccc(F)cc4)C3)c2C1=O. The van der Waals surface area contributed by atoms with Crippen molar-refractivity contribution in [1.29, 1.82) is 0 Å². The number of fused-ring (bicyclic) bond motifs is 1. The lowest BCUT2D eigenvalue weighted by atomic mass is 9.95. The molecule has 3 amide bonds. The summed E-state index contributed by atoms with van der Waals surface area (Å²) in [6, 6.07) is 11.5. The minimum absolute atomic E-state index is 0.0137. The van der Waals surface area contributed by atoms with Crippen molar-refractivity contribution in [3.8, 4) is 0 Å². The Morgan fingerprint density at radius 3 is 2.69 bits per heavy atom. The van der Waals surface area contributed by atoms with E-state index in [9.17, 15) is 18.8 Å². The number of nitrogens with zero attached hydrogens (tertiary/aromatic N) is 4. The maximum Gasteiger partial charge on any atom is 0.264 e. The van der Waals surface area contributed by atoms with Gasteiger partial charge in [-0.2, -0.15) is 0 Å². The van der Waals surface area contributed by atoms with Crippen LogP contribution in [-0.4, -0.2) is 52.6 Å². The molecular formula is C26H26FN5O4. The summed E-state index contributed by atoms with van der Waals surface area (Å²) in [5.74, 6) is -1.35. The lowest BCUT2D eigenvalue weighted by Crippen LogP contribution is -2.44. The number of nitrogens with one attached hydrogen (secondary N) is 1. The number of hydrogen-bond acceptors (Lipinski definition) is 7. The molecule has 0 saturated carbocycles. The van der Waals surface area contributed by atoms with Crippen LogP contribution in [-0.2, 0) is 17.8 Å². The van der Waals surface area contributed by atoms with E-state index in [-0.39, 0.29) is 36.0 Å². The molecule has 3 aromatic rings. The van der Waals surface area contributed by atoms with Gasteiger partial charge in [0.2, 0.25) is 5.91 Å². The van der Waals surface area contributed by atoms with Crippen LogP contribution in [0.3, 0.4) is 0 Å². The van der Waals surface area contributed by atoms with Crippen molar-refractivity contribution in [3.05, 3.63) is 76.4 Å². The van der Waals surface area contributed by atoms with Gasteiger partial charge in [-0.1, -0.05) is 28.5 Å². The number of anilines is 1. The molecule has 0 aliphatic carbocycles. The number of carbonyl (C=O) groups excluding carboxylic acids is 3. The normalized spacial score (nSPS) is 17.4. The van der Waals surface area contributed by atoms with E-state index < -0.39 is 0 Å². The summed E-state index contributed by atoms with van der Waals surface area (Å²) in [4.78, 5) is 42.4. The molecule has 9 nitrogen and oxygen atoms in total. The molecule has 36 heavy (non-hydrogen) atoms. The van der Waals surface area contributed by atoms with Crippen molar-refractivity contribution < 1.29 is 23.4 Å². The van der Waals surface area contributed by atoms with Crippen LogP contribution < -0.4 is 10.2 Å². The van der Waals surface area contributed by atoms with Gasteiger partial charge in [0.05, 0.1) is 29.3 Å². The Morgan fingerprint density at radius 2 is 1.94 bits per heavy atom. The van der Waals surface area contributed by atoms with Crippen molar-refractivity contribution in [1.82, 2.24) is 20.5 Å². The molecule has 0 unspecified atom stereocenters. The monoisotopic (exact) mass is 491 g/mol. The van der Waals surface area contributed by atoms with Crippen LogP contribution in [0.1, 0.15) is 50.5 Å². The second kappa shape index (κ2) is 9.88. The van der Waals surface area contributed by atoms with Gasteiger partial charge < -0.3 is 10.2 Å². The van der Waals surface area contributed by atoms with E-state index in [1.807, 2.05) is 11.0 Å². The van der Waals surface area contributed by atoms with Gasteiger partial charge in [-0.25, -0.2) is 9.02 Å². The zero-order valence-electron chi connectivity index (χ0n) is 19.9. The lowest BCUT2D eigenvalue weighted by Gasteiger charge is -2.34. The first-order valence-electron chi connectivity index (χ1n) is 12.0. The summed E-state index contributed by atoms with van der Waals surface area (Å²) >= 11 is 0. The number of amides is 3. The fourth-order valence-electron chi connectivity index (χ4n) is 4.80. The van der Waals surface area contributed by atoms with Crippen LogP contribution in [0, 0.1) is 18.7 Å². The first kappa shape index (κ1) is 23.7. The predicted octanol–water partition coefficient (Wildman–Crippen LogP) is 2.89. The molecule has 2 aliphatic heterocycles. The van der Waals surface area contributed by atoms with E-state index in [2.05, 4.69) is 15.6 Å². The highest BCUT2D eigenvalue weighted by molar-refractivity contribution is 6.23. The zero-order chi connectivity index (χ0) is 25.2. The molecule has 2 aromatic carbocycles. The molecule has 1 saturated heterocycles. The summed E-state index contributed by atoms with van der Waals surface area (Å²) in [5.41, 5.74) is 3.27. The van der Waals surface area contributed by atoms with Gasteiger partial charge in [-0.3, -0.25) is 19.3 Å². The Labute approximate surface area is 207 Å². The van der Waals surface area contributed by atoms with Gasteiger partial charge in [0, 0.05) is 19.6 Å². The molecule has 1 atom stereocenters. The highest BCUT2D eigenvalue weighted by atomic mass is 19.1. The molecule has 1 N–H and O–H groups in total. The van der Waals surface area contributed by atoms with E-state index in [4.69, 9.17) is 4.63 Å². The quantitative estimate of drug-likeness (QED) is 0.506.